The Morgan fingerprint density at radius 1 is 1.69 bits per heavy atom. The van der Waals surface area contributed by atoms with Gasteiger partial charge in [-0.2, -0.15) is 5.26 Å². The molecule has 0 aliphatic carbocycles. The lowest BCUT2D eigenvalue weighted by Gasteiger charge is -2.37. The van der Waals surface area contributed by atoms with Crippen molar-refractivity contribution in [2.45, 2.75) is 32.2 Å². The molecule has 3 heteroatoms. The first-order chi connectivity index (χ1) is 6.25. The Labute approximate surface area is 80.1 Å². The predicted octanol–water partition coefficient (Wildman–Crippen LogP) is 1.30. The summed E-state index contributed by atoms with van der Waals surface area (Å²) in [5.41, 5.74) is -0.339. The van der Waals surface area contributed by atoms with E-state index in [4.69, 9.17) is 4.74 Å². The fraction of sp³-hybridized carbons (Fsp3) is 0.900. The highest BCUT2D eigenvalue weighted by molar-refractivity contribution is 5.11. The van der Waals surface area contributed by atoms with Crippen LogP contribution < -0.4 is 5.32 Å². The molecule has 1 aliphatic heterocycles. The molecule has 13 heavy (non-hydrogen) atoms. The first-order valence-electron chi connectivity index (χ1n) is 4.99. The zero-order chi connectivity index (χ0) is 9.73. The van der Waals surface area contributed by atoms with Gasteiger partial charge in [-0.05, 0) is 13.0 Å². The molecular formula is C10H18N2O. The average molecular weight is 182 g/mol. The molecule has 2 unspecified atom stereocenters. The van der Waals surface area contributed by atoms with Gasteiger partial charge in [0.15, 0.2) is 0 Å². The smallest absolute Gasteiger partial charge is 0.113 e. The van der Waals surface area contributed by atoms with Gasteiger partial charge in [0.25, 0.3) is 0 Å². The van der Waals surface area contributed by atoms with Gasteiger partial charge in [-0.3, -0.25) is 5.32 Å². The summed E-state index contributed by atoms with van der Waals surface area (Å²) < 4.78 is 5.33. The van der Waals surface area contributed by atoms with Crippen molar-refractivity contribution in [2.75, 3.05) is 19.8 Å². The van der Waals surface area contributed by atoms with E-state index >= 15 is 0 Å². The standard InChI is InChI=1S/C10H18N2O/c1-3-5-12-10(8-11)4-6-13-7-9(10)2/h9,12H,3-7H2,1-2H3. The third-order valence-electron chi connectivity index (χ3n) is 2.74. The van der Waals surface area contributed by atoms with E-state index in [9.17, 15) is 5.26 Å². The second-order valence-electron chi connectivity index (χ2n) is 3.74. The van der Waals surface area contributed by atoms with Crippen LogP contribution in [0.3, 0.4) is 0 Å². The van der Waals surface area contributed by atoms with E-state index < -0.39 is 0 Å². The molecule has 1 fully saturated rings. The maximum Gasteiger partial charge on any atom is 0.113 e. The van der Waals surface area contributed by atoms with Crippen molar-refractivity contribution in [3.63, 3.8) is 0 Å². The minimum absolute atomic E-state index is 0.290. The summed E-state index contributed by atoms with van der Waals surface area (Å²) in [4.78, 5) is 0. The van der Waals surface area contributed by atoms with Gasteiger partial charge in [-0.15, -0.1) is 0 Å². The lowest BCUT2D eigenvalue weighted by atomic mass is 9.82. The number of nitrogens with zero attached hydrogens (tertiary/aromatic N) is 1. The van der Waals surface area contributed by atoms with Crippen molar-refractivity contribution < 1.29 is 4.74 Å². The van der Waals surface area contributed by atoms with Crippen molar-refractivity contribution in [1.29, 1.82) is 5.26 Å². The third-order valence-corrected chi connectivity index (χ3v) is 2.74. The van der Waals surface area contributed by atoms with Crippen LogP contribution in [-0.4, -0.2) is 25.3 Å². The van der Waals surface area contributed by atoms with Crippen LogP contribution in [0, 0.1) is 17.2 Å². The quantitative estimate of drug-likeness (QED) is 0.715. The molecule has 0 bridgehead atoms. The minimum Gasteiger partial charge on any atom is -0.381 e. The maximum absolute atomic E-state index is 9.17. The molecular weight excluding hydrogens is 164 g/mol. The Morgan fingerprint density at radius 2 is 2.46 bits per heavy atom. The lowest BCUT2D eigenvalue weighted by molar-refractivity contribution is 0.0155. The van der Waals surface area contributed by atoms with Gasteiger partial charge in [0, 0.05) is 18.9 Å². The van der Waals surface area contributed by atoms with E-state index in [-0.39, 0.29) is 11.5 Å². The summed E-state index contributed by atoms with van der Waals surface area (Å²) in [6, 6.07) is 2.41. The fourth-order valence-electron chi connectivity index (χ4n) is 1.70. The topological polar surface area (TPSA) is 45.0 Å². The largest absolute Gasteiger partial charge is 0.381 e. The van der Waals surface area contributed by atoms with Crippen LogP contribution in [-0.2, 0) is 4.74 Å². The highest BCUT2D eigenvalue weighted by atomic mass is 16.5. The summed E-state index contributed by atoms with van der Waals surface area (Å²) in [7, 11) is 0. The number of ether oxygens (including phenoxy) is 1. The van der Waals surface area contributed by atoms with Crippen LogP contribution in [0.5, 0.6) is 0 Å². The van der Waals surface area contributed by atoms with E-state index in [1.165, 1.54) is 0 Å². The Balaban J connectivity index is 2.60. The number of hydrogen-bond acceptors (Lipinski definition) is 3. The van der Waals surface area contributed by atoms with Crippen molar-refractivity contribution in [2.24, 2.45) is 5.92 Å². The summed E-state index contributed by atoms with van der Waals surface area (Å²) in [5.74, 6) is 0.290. The molecule has 0 spiro atoms. The maximum atomic E-state index is 9.17. The highest BCUT2D eigenvalue weighted by Crippen LogP contribution is 2.25. The fourth-order valence-corrected chi connectivity index (χ4v) is 1.70. The molecule has 1 saturated heterocycles. The second-order valence-corrected chi connectivity index (χ2v) is 3.74. The predicted molar refractivity (Wildman–Crippen MR) is 51.2 cm³/mol. The van der Waals surface area contributed by atoms with Crippen LogP contribution >= 0.6 is 0 Å². The van der Waals surface area contributed by atoms with Gasteiger partial charge < -0.3 is 4.74 Å². The third kappa shape index (κ3) is 2.20. The monoisotopic (exact) mass is 182 g/mol. The Kier molecular flexibility index (Phi) is 3.71. The van der Waals surface area contributed by atoms with Crippen LogP contribution in [0.4, 0.5) is 0 Å². The number of hydrogen-bond donors (Lipinski definition) is 1. The Bertz CT molecular complexity index is 200. The number of rotatable bonds is 3. The normalized spacial score (nSPS) is 34.1. The van der Waals surface area contributed by atoms with E-state index in [1.54, 1.807) is 0 Å². The van der Waals surface area contributed by atoms with Crippen molar-refractivity contribution >= 4 is 0 Å². The molecule has 2 atom stereocenters. The van der Waals surface area contributed by atoms with Crippen LogP contribution in [0.2, 0.25) is 0 Å². The van der Waals surface area contributed by atoms with E-state index in [2.05, 4.69) is 25.2 Å². The van der Waals surface area contributed by atoms with Gasteiger partial charge in [-0.25, -0.2) is 0 Å². The van der Waals surface area contributed by atoms with Crippen molar-refractivity contribution in [3.05, 3.63) is 0 Å². The lowest BCUT2D eigenvalue weighted by Crippen LogP contribution is -2.54. The number of nitrogens with one attached hydrogen (secondary N) is 1. The van der Waals surface area contributed by atoms with Crippen LogP contribution in [0.1, 0.15) is 26.7 Å². The molecule has 0 aromatic heterocycles. The van der Waals surface area contributed by atoms with Crippen LogP contribution in [0.15, 0.2) is 0 Å². The highest BCUT2D eigenvalue weighted by Gasteiger charge is 2.38. The van der Waals surface area contributed by atoms with E-state index in [0.29, 0.717) is 13.2 Å². The van der Waals surface area contributed by atoms with Gasteiger partial charge in [0.1, 0.15) is 5.54 Å². The molecule has 0 saturated carbocycles. The molecule has 1 N–H and O–H groups in total. The zero-order valence-electron chi connectivity index (χ0n) is 8.47. The number of nitriles is 1. The van der Waals surface area contributed by atoms with Gasteiger partial charge in [0.05, 0.1) is 12.7 Å². The minimum atomic E-state index is -0.339. The zero-order valence-corrected chi connectivity index (χ0v) is 8.47. The van der Waals surface area contributed by atoms with Gasteiger partial charge >= 0.3 is 0 Å². The van der Waals surface area contributed by atoms with Gasteiger partial charge in [0.2, 0.25) is 0 Å². The van der Waals surface area contributed by atoms with E-state index in [1.807, 2.05) is 0 Å². The molecule has 1 heterocycles. The van der Waals surface area contributed by atoms with Crippen molar-refractivity contribution in [1.82, 2.24) is 5.32 Å². The molecule has 0 aromatic carbocycles. The molecule has 3 nitrogen and oxygen atoms in total. The van der Waals surface area contributed by atoms with Crippen LogP contribution in [0.25, 0.3) is 0 Å². The molecule has 1 rings (SSSR count). The Morgan fingerprint density at radius 3 is 3.00 bits per heavy atom. The molecule has 74 valence electrons. The summed E-state index contributed by atoms with van der Waals surface area (Å²) in [6.07, 6.45) is 1.88. The summed E-state index contributed by atoms with van der Waals surface area (Å²) in [6.45, 7) is 6.50. The molecule has 0 aromatic rings. The first-order valence-corrected chi connectivity index (χ1v) is 4.99. The average Bonchev–Trinajstić information content (AvgIpc) is 2.17. The molecule has 0 radical (unpaired) electrons. The van der Waals surface area contributed by atoms with Gasteiger partial charge in [-0.1, -0.05) is 13.8 Å². The molecule has 0 amide bonds. The Hall–Kier alpha value is -0.590. The van der Waals surface area contributed by atoms with Crippen molar-refractivity contribution in [3.8, 4) is 6.07 Å². The van der Waals surface area contributed by atoms with E-state index in [0.717, 1.165) is 19.4 Å². The first kappa shape index (κ1) is 10.5. The summed E-state index contributed by atoms with van der Waals surface area (Å²) in [5, 5.41) is 12.5. The summed E-state index contributed by atoms with van der Waals surface area (Å²) >= 11 is 0. The SMILES string of the molecule is CCCNC1(C#N)CCOCC1C. The molecule has 1 aliphatic rings. The second kappa shape index (κ2) is 4.59.